The van der Waals surface area contributed by atoms with Crippen LogP contribution < -0.4 is 5.73 Å². The lowest BCUT2D eigenvalue weighted by Gasteiger charge is -2.15. The molecular formula is C8H5F6N. The van der Waals surface area contributed by atoms with Gasteiger partial charge in [-0.1, -0.05) is 0 Å². The van der Waals surface area contributed by atoms with Crippen LogP contribution in [0.4, 0.5) is 26.3 Å². The van der Waals surface area contributed by atoms with E-state index < -0.39 is 35.2 Å². The van der Waals surface area contributed by atoms with Crippen LogP contribution in [0.15, 0.2) is 12.1 Å². The average molecular weight is 229 g/mol. The number of hydrogen-bond donors (Lipinski definition) is 1. The molecule has 0 spiro atoms. The van der Waals surface area contributed by atoms with Crippen molar-refractivity contribution in [2.24, 2.45) is 5.73 Å². The van der Waals surface area contributed by atoms with Crippen molar-refractivity contribution in [1.29, 1.82) is 0 Å². The number of nitrogens with two attached hydrogens (primary N) is 1. The number of hydrogen-bond acceptors (Lipinski definition) is 1. The van der Waals surface area contributed by atoms with Crippen molar-refractivity contribution in [1.82, 2.24) is 0 Å². The molecule has 1 aromatic rings. The van der Waals surface area contributed by atoms with Gasteiger partial charge in [0.2, 0.25) is 0 Å². The van der Waals surface area contributed by atoms with E-state index in [-0.39, 0.29) is 12.1 Å². The summed E-state index contributed by atoms with van der Waals surface area (Å²) in [6, 6.07) is -2.10. The van der Waals surface area contributed by atoms with Crippen molar-refractivity contribution < 1.29 is 26.3 Å². The lowest BCUT2D eigenvalue weighted by Crippen LogP contribution is -2.28. The normalized spacial score (nSPS) is 14.1. The molecule has 0 saturated carbocycles. The third-order valence-electron chi connectivity index (χ3n) is 1.72. The molecule has 2 N–H and O–H groups in total. The highest BCUT2D eigenvalue weighted by molar-refractivity contribution is 5.23. The van der Waals surface area contributed by atoms with Crippen LogP contribution in [0.3, 0.4) is 0 Å². The molecule has 0 unspecified atom stereocenters. The van der Waals surface area contributed by atoms with E-state index in [1.54, 1.807) is 0 Å². The third-order valence-corrected chi connectivity index (χ3v) is 1.72. The minimum Gasteiger partial charge on any atom is -0.316 e. The van der Waals surface area contributed by atoms with Crippen molar-refractivity contribution in [3.8, 4) is 0 Å². The fourth-order valence-corrected chi connectivity index (χ4v) is 0.944. The zero-order chi connectivity index (χ0) is 11.8. The Morgan fingerprint density at radius 2 is 1.40 bits per heavy atom. The van der Waals surface area contributed by atoms with Gasteiger partial charge in [0.25, 0.3) is 0 Å². The van der Waals surface area contributed by atoms with Crippen LogP contribution in [0.1, 0.15) is 11.6 Å². The highest BCUT2D eigenvalue weighted by Crippen LogP contribution is 2.31. The van der Waals surface area contributed by atoms with Crippen molar-refractivity contribution in [3.63, 3.8) is 0 Å². The summed E-state index contributed by atoms with van der Waals surface area (Å²) >= 11 is 0. The topological polar surface area (TPSA) is 26.0 Å². The smallest absolute Gasteiger partial charge is 0.316 e. The second kappa shape index (κ2) is 3.73. The highest BCUT2D eigenvalue weighted by Gasteiger charge is 2.38. The minimum absolute atomic E-state index is 0.219. The molecule has 0 radical (unpaired) electrons. The maximum atomic E-state index is 12.6. The fraction of sp³-hybridized carbons (Fsp3) is 0.250. The minimum atomic E-state index is -4.84. The van der Waals surface area contributed by atoms with E-state index in [1.165, 1.54) is 0 Å². The van der Waals surface area contributed by atoms with Crippen molar-refractivity contribution in [2.75, 3.05) is 0 Å². The van der Waals surface area contributed by atoms with Gasteiger partial charge in [0.1, 0.15) is 6.04 Å². The van der Waals surface area contributed by atoms with Gasteiger partial charge in [-0.2, -0.15) is 13.2 Å². The summed E-state index contributed by atoms with van der Waals surface area (Å²) in [7, 11) is 0. The van der Waals surface area contributed by atoms with Crippen molar-refractivity contribution >= 4 is 0 Å². The van der Waals surface area contributed by atoms with Crippen LogP contribution in [-0.4, -0.2) is 6.18 Å². The fourth-order valence-electron chi connectivity index (χ4n) is 0.944. The van der Waals surface area contributed by atoms with Gasteiger partial charge in [-0.15, -0.1) is 0 Å². The van der Waals surface area contributed by atoms with E-state index in [9.17, 15) is 26.3 Å². The molecule has 7 heteroatoms. The Morgan fingerprint density at radius 3 is 1.73 bits per heavy atom. The number of rotatable bonds is 1. The molecule has 0 bridgehead atoms. The molecule has 0 saturated heterocycles. The SMILES string of the molecule is N[C@H](c1cc(F)c(F)c(F)c1)C(F)(F)F. The van der Waals surface area contributed by atoms with Gasteiger partial charge in [0.15, 0.2) is 17.5 Å². The largest absolute Gasteiger partial charge is 0.407 e. The summed E-state index contributed by atoms with van der Waals surface area (Å²) in [4.78, 5) is 0. The predicted octanol–water partition coefficient (Wildman–Crippen LogP) is 2.67. The second-order valence-electron chi connectivity index (χ2n) is 2.82. The van der Waals surface area contributed by atoms with E-state index in [4.69, 9.17) is 0 Å². The molecule has 0 heterocycles. The summed E-state index contributed by atoms with van der Waals surface area (Å²) in [5.74, 6) is -5.23. The van der Waals surface area contributed by atoms with Gasteiger partial charge < -0.3 is 5.73 Å². The molecule has 0 amide bonds. The van der Waals surface area contributed by atoms with E-state index in [0.717, 1.165) is 0 Å². The Balaban J connectivity index is 3.17. The number of halogens is 6. The Bertz CT molecular complexity index is 349. The van der Waals surface area contributed by atoms with Gasteiger partial charge in [-0.05, 0) is 17.7 Å². The average Bonchev–Trinajstić information content (AvgIpc) is 2.10. The maximum absolute atomic E-state index is 12.6. The number of alkyl halides is 3. The first-order valence-corrected chi connectivity index (χ1v) is 3.70. The van der Waals surface area contributed by atoms with Crippen molar-refractivity contribution in [3.05, 3.63) is 35.1 Å². The maximum Gasteiger partial charge on any atom is 0.407 e. The molecule has 1 atom stereocenters. The predicted molar refractivity (Wildman–Crippen MR) is 39.3 cm³/mol. The molecule has 0 aliphatic carbocycles. The molecule has 0 fully saturated rings. The van der Waals surface area contributed by atoms with E-state index >= 15 is 0 Å². The van der Waals surface area contributed by atoms with Crippen LogP contribution >= 0.6 is 0 Å². The molecule has 84 valence electrons. The van der Waals surface area contributed by atoms with Crippen LogP contribution in [0.25, 0.3) is 0 Å². The van der Waals surface area contributed by atoms with Crippen LogP contribution in [0.2, 0.25) is 0 Å². The first-order chi connectivity index (χ1) is 6.73. The Morgan fingerprint density at radius 1 is 1.00 bits per heavy atom. The monoisotopic (exact) mass is 229 g/mol. The summed E-state index contributed by atoms with van der Waals surface area (Å²) < 4.78 is 73.6. The molecule has 0 aromatic heterocycles. The van der Waals surface area contributed by atoms with Gasteiger partial charge >= 0.3 is 6.18 Å². The van der Waals surface area contributed by atoms with Gasteiger partial charge in [-0.3, -0.25) is 0 Å². The lowest BCUT2D eigenvalue weighted by atomic mass is 10.1. The molecule has 1 nitrogen and oxygen atoms in total. The quantitative estimate of drug-likeness (QED) is 0.581. The van der Waals surface area contributed by atoms with E-state index in [0.29, 0.717) is 0 Å². The number of benzene rings is 1. The van der Waals surface area contributed by atoms with Crippen LogP contribution in [0.5, 0.6) is 0 Å². The summed E-state index contributed by atoms with van der Waals surface area (Å²) in [5.41, 5.74) is 3.82. The summed E-state index contributed by atoms with van der Waals surface area (Å²) in [6.45, 7) is 0. The zero-order valence-electron chi connectivity index (χ0n) is 7.08. The van der Waals surface area contributed by atoms with E-state index in [2.05, 4.69) is 5.73 Å². The molecular weight excluding hydrogens is 224 g/mol. The Labute approximate surface area is 80.5 Å². The first-order valence-electron chi connectivity index (χ1n) is 3.70. The van der Waals surface area contributed by atoms with Crippen LogP contribution in [-0.2, 0) is 0 Å². The lowest BCUT2D eigenvalue weighted by molar-refractivity contribution is -0.149. The Hall–Kier alpha value is -1.24. The van der Waals surface area contributed by atoms with Crippen LogP contribution in [0, 0.1) is 17.5 Å². The molecule has 1 aromatic carbocycles. The van der Waals surface area contributed by atoms with Gasteiger partial charge in [0, 0.05) is 0 Å². The van der Waals surface area contributed by atoms with Crippen molar-refractivity contribution in [2.45, 2.75) is 12.2 Å². The highest BCUT2D eigenvalue weighted by atomic mass is 19.4. The Kier molecular flexibility index (Phi) is 2.94. The standard InChI is InChI=1S/C8H5F6N/c9-4-1-3(2-5(10)6(4)11)7(15)8(12,13)14/h1-2,7H,15H2/t7-/m1/s1. The van der Waals surface area contributed by atoms with E-state index in [1.807, 2.05) is 0 Å². The van der Waals surface area contributed by atoms with Gasteiger partial charge in [-0.25, -0.2) is 13.2 Å². The second-order valence-corrected chi connectivity index (χ2v) is 2.82. The first kappa shape index (κ1) is 11.8. The molecule has 0 aliphatic rings. The molecule has 1 rings (SSSR count). The third kappa shape index (κ3) is 2.41. The summed E-state index contributed by atoms with van der Waals surface area (Å²) in [5, 5.41) is 0. The molecule has 15 heavy (non-hydrogen) atoms. The molecule has 0 aliphatic heterocycles. The summed E-state index contributed by atoms with van der Waals surface area (Å²) in [6.07, 6.45) is -4.84. The zero-order valence-corrected chi connectivity index (χ0v) is 7.08. The van der Waals surface area contributed by atoms with Gasteiger partial charge in [0.05, 0.1) is 0 Å².